The summed E-state index contributed by atoms with van der Waals surface area (Å²) in [6.07, 6.45) is 3.43. The first-order valence-corrected chi connectivity index (χ1v) is 7.00. The Bertz CT molecular complexity index is 805. The molecule has 21 heavy (non-hydrogen) atoms. The lowest BCUT2D eigenvalue weighted by Crippen LogP contribution is -1.98. The largest absolute Gasteiger partial charge is 0.494 e. The van der Waals surface area contributed by atoms with Crippen molar-refractivity contribution < 1.29 is 4.74 Å². The molecule has 0 radical (unpaired) electrons. The van der Waals surface area contributed by atoms with E-state index >= 15 is 0 Å². The van der Waals surface area contributed by atoms with E-state index in [0.717, 1.165) is 16.6 Å². The average Bonchev–Trinajstić information content (AvgIpc) is 2.88. The second-order valence-electron chi connectivity index (χ2n) is 4.46. The Hall–Kier alpha value is -2.33. The Morgan fingerprint density at radius 2 is 2.19 bits per heavy atom. The number of fused-ring (bicyclic) bond motifs is 1. The Balaban J connectivity index is 2.14. The normalized spacial score (nSPS) is 10.8. The summed E-state index contributed by atoms with van der Waals surface area (Å²) in [5.74, 6) is 0.520. The summed E-state index contributed by atoms with van der Waals surface area (Å²) in [5.41, 5.74) is 2.47. The number of aromatic nitrogens is 3. The molecule has 0 saturated carbocycles. The first kappa shape index (κ1) is 13.6. The van der Waals surface area contributed by atoms with E-state index in [9.17, 15) is 0 Å². The van der Waals surface area contributed by atoms with Gasteiger partial charge in [-0.05, 0) is 31.2 Å². The topological polar surface area (TPSA) is 39.9 Å². The van der Waals surface area contributed by atoms with Crippen LogP contribution in [0.3, 0.4) is 0 Å². The van der Waals surface area contributed by atoms with Crippen molar-refractivity contribution in [3.8, 4) is 5.69 Å². The summed E-state index contributed by atoms with van der Waals surface area (Å²) >= 11 is 6.43. The molecular formula is C16H14ClN3O. The molecule has 2 aromatic heterocycles. The van der Waals surface area contributed by atoms with Crippen molar-refractivity contribution >= 4 is 28.3 Å². The number of hydrogen-bond donors (Lipinski definition) is 0. The first-order chi connectivity index (χ1) is 10.2. The van der Waals surface area contributed by atoms with E-state index in [2.05, 4.69) is 16.7 Å². The van der Waals surface area contributed by atoms with Crippen LogP contribution in [0.2, 0.25) is 5.15 Å². The van der Waals surface area contributed by atoms with Crippen LogP contribution in [0.4, 0.5) is 0 Å². The van der Waals surface area contributed by atoms with Gasteiger partial charge in [-0.25, -0.2) is 4.68 Å². The quantitative estimate of drug-likeness (QED) is 0.681. The molecule has 0 fully saturated rings. The fourth-order valence-corrected chi connectivity index (χ4v) is 2.50. The van der Waals surface area contributed by atoms with E-state index in [-0.39, 0.29) is 0 Å². The highest BCUT2D eigenvalue weighted by molar-refractivity contribution is 6.31. The number of benzene rings is 1. The van der Waals surface area contributed by atoms with Crippen LogP contribution in [0, 0.1) is 0 Å². The Morgan fingerprint density at radius 1 is 1.33 bits per heavy atom. The van der Waals surface area contributed by atoms with E-state index in [0.29, 0.717) is 23.1 Å². The standard InChI is InChI=1S/C16H14ClN3O/c1-3-21-11(2)13-10-19-20(16(13)17)15-8-4-7-14-12(15)6-5-9-18-14/h4-10H,2-3H2,1H3. The molecule has 0 aliphatic heterocycles. The third kappa shape index (κ3) is 2.38. The molecule has 106 valence electrons. The molecule has 0 amide bonds. The predicted molar refractivity (Wildman–Crippen MR) is 84.5 cm³/mol. The molecule has 3 rings (SSSR count). The van der Waals surface area contributed by atoms with E-state index in [1.165, 1.54) is 0 Å². The zero-order chi connectivity index (χ0) is 14.8. The molecule has 0 atom stereocenters. The number of hydrogen-bond acceptors (Lipinski definition) is 3. The lowest BCUT2D eigenvalue weighted by Gasteiger charge is -2.08. The molecule has 0 bridgehead atoms. The number of ether oxygens (including phenoxy) is 1. The molecule has 0 aliphatic rings. The smallest absolute Gasteiger partial charge is 0.143 e. The van der Waals surface area contributed by atoms with Crippen LogP contribution >= 0.6 is 11.6 Å². The third-order valence-electron chi connectivity index (χ3n) is 3.18. The van der Waals surface area contributed by atoms with Gasteiger partial charge in [0.15, 0.2) is 0 Å². The van der Waals surface area contributed by atoms with Crippen molar-refractivity contribution in [3.63, 3.8) is 0 Å². The lowest BCUT2D eigenvalue weighted by atomic mass is 10.2. The van der Waals surface area contributed by atoms with Gasteiger partial charge in [0.05, 0.1) is 29.6 Å². The zero-order valence-corrected chi connectivity index (χ0v) is 12.3. The summed E-state index contributed by atoms with van der Waals surface area (Å²) < 4.78 is 7.07. The van der Waals surface area contributed by atoms with Crippen LogP contribution in [0.15, 0.2) is 49.3 Å². The van der Waals surface area contributed by atoms with Gasteiger partial charge < -0.3 is 4.74 Å². The maximum absolute atomic E-state index is 6.43. The fourth-order valence-electron chi connectivity index (χ4n) is 2.21. The predicted octanol–water partition coefficient (Wildman–Crippen LogP) is 4.08. The van der Waals surface area contributed by atoms with Gasteiger partial charge in [-0.15, -0.1) is 0 Å². The number of rotatable bonds is 4. The van der Waals surface area contributed by atoms with Crippen LogP contribution < -0.4 is 0 Å². The van der Waals surface area contributed by atoms with Crippen LogP contribution in [0.1, 0.15) is 12.5 Å². The monoisotopic (exact) mass is 299 g/mol. The van der Waals surface area contributed by atoms with Gasteiger partial charge in [0, 0.05) is 11.6 Å². The van der Waals surface area contributed by atoms with Gasteiger partial charge in [-0.1, -0.05) is 24.2 Å². The van der Waals surface area contributed by atoms with Gasteiger partial charge in [0.25, 0.3) is 0 Å². The van der Waals surface area contributed by atoms with Gasteiger partial charge in [0.2, 0.25) is 0 Å². The van der Waals surface area contributed by atoms with Crippen molar-refractivity contribution in [3.05, 3.63) is 60.0 Å². The van der Waals surface area contributed by atoms with Gasteiger partial charge in [0.1, 0.15) is 10.9 Å². The Kier molecular flexibility index (Phi) is 3.62. The SMILES string of the molecule is C=C(OCC)c1cnn(-c2cccc3ncccc23)c1Cl. The Morgan fingerprint density at radius 3 is 3.00 bits per heavy atom. The molecule has 3 aromatic rings. The summed E-state index contributed by atoms with van der Waals surface area (Å²) in [7, 11) is 0. The number of nitrogens with zero attached hydrogens (tertiary/aromatic N) is 3. The first-order valence-electron chi connectivity index (χ1n) is 6.62. The second kappa shape index (κ2) is 5.58. The molecule has 0 aliphatic carbocycles. The highest BCUT2D eigenvalue weighted by Crippen LogP contribution is 2.28. The van der Waals surface area contributed by atoms with Crippen molar-refractivity contribution in [1.29, 1.82) is 0 Å². The Labute approximate surface area is 127 Å². The van der Waals surface area contributed by atoms with Crippen LogP contribution in [0.25, 0.3) is 22.3 Å². The van der Waals surface area contributed by atoms with Crippen molar-refractivity contribution in [1.82, 2.24) is 14.8 Å². The van der Waals surface area contributed by atoms with E-state index in [4.69, 9.17) is 16.3 Å². The van der Waals surface area contributed by atoms with Gasteiger partial charge in [-0.2, -0.15) is 5.10 Å². The van der Waals surface area contributed by atoms with E-state index in [1.54, 1.807) is 17.1 Å². The minimum Gasteiger partial charge on any atom is -0.494 e. The number of halogens is 1. The summed E-state index contributed by atoms with van der Waals surface area (Å²) in [4.78, 5) is 4.34. The van der Waals surface area contributed by atoms with Crippen LogP contribution in [-0.4, -0.2) is 21.4 Å². The maximum Gasteiger partial charge on any atom is 0.143 e. The van der Waals surface area contributed by atoms with Gasteiger partial charge in [-0.3, -0.25) is 4.98 Å². The minimum atomic E-state index is 0.477. The summed E-state index contributed by atoms with van der Waals surface area (Å²) in [6.45, 7) is 6.32. The van der Waals surface area contributed by atoms with E-state index < -0.39 is 0 Å². The highest BCUT2D eigenvalue weighted by Gasteiger charge is 2.15. The van der Waals surface area contributed by atoms with E-state index in [1.807, 2.05) is 37.3 Å². The molecule has 4 nitrogen and oxygen atoms in total. The minimum absolute atomic E-state index is 0.477. The second-order valence-corrected chi connectivity index (χ2v) is 4.82. The summed E-state index contributed by atoms with van der Waals surface area (Å²) in [6, 6.07) is 9.72. The maximum atomic E-state index is 6.43. The number of pyridine rings is 1. The third-order valence-corrected chi connectivity index (χ3v) is 3.54. The lowest BCUT2D eigenvalue weighted by molar-refractivity contribution is 0.299. The summed E-state index contributed by atoms with van der Waals surface area (Å²) in [5, 5.41) is 5.82. The molecule has 1 aromatic carbocycles. The molecule has 0 saturated heterocycles. The molecule has 0 N–H and O–H groups in total. The highest BCUT2D eigenvalue weighted by atomic mass is 35.5. The molecule has 2 heterocycles. The zero-order valence-electron chi connectivity index (χ0n) is 11.6. The van der Waals surface area contributed by atoms with Gasteiger partial charge >= 0.3 is 0 Å². The van der Waals surface area contributed by atoms with Crippen molar-refractivity contribution in [2.75, 3.05) is 6.61 Å². The average molecular weight is 300 g/mol. The molecule has 5 heteroatoms. The fraction of sp³-hybridized carbons (Fsp3) is 0.125. The molecule has 0 spiro atoms. The van der Waals surface area contributed by atoms with Crippen molar-refractivity contribution in [2.45, 2.75) is 6.92 Å². The van der Waals surface area contributed by atoms with Crippen LogP contribution in [0.5, 0.6) is 0 Å². The molecular weight excluding hydrogens is 286 g/mol. The van der Waals surface area contributed by atoms with Crippen molar-refractivity contribution in [2.24, 2.45) is 0 Å². The van der Waals surface area contributed by atoms with Crippen LogP contribution in [-0.2, 0) is 4.74 Å². The molecule has 0 unspecified atom stereocenters.